The number of anilines is 2. The van der Waals surface area contributed by atoms with Crippen LogP contribution in [0.5, 0.6) is 0 Å². The lowest BCUT2D eigenvalue weighted by Gasteiger charge is -2.31. The van der Waals surface area contributed by atoms with Gasteiger partial charge in [0.05, 0.1) is 0 Å². The van der Waals surface area contributed by atoms with E-state index in [1.807, 2.05) is 24.3 Å². The lowest BCUT2D eigenvalue weighted by atomic mass is 9.95. The first-order chi connectivity index (χ1) is 11.6. The third kappa shape index (κ3) is 3.32. The molecule has 2 aliphatic rings. The van der Waals surface area contributed by atoms with Crippen molar-refractivity contribution in [3.05, 3.63) is 36.9 Å². The Morgan fingerprint density at radius 2 is 1.79 bits per heavy atom. The number of carbonyl (C=O) groups excluding carboxylic acids is 3. The first-order valence-corrected chi connectivity index (χ1v) is 8.21. The topological polar surface area (TPSA) is 69.7 Å². The lowest BCUT2D eigenvalue weighted by molar-refractivity contribution is -0.130. The quantitative estimate of drug-likeness (QED) is 0.677. The molecule has 24 heavy (non-hydrogen) atoms. The van der Waals surface area contributed by atoms with Gasteiger partial charge < -0.3 is 15.1 Å². The molecule has 3 amide bonds. The van der Waals surface area contributed by atoms with Crippen molar-refractivity contribution in [3.8, 4) is 0 Å². The summed E-state index contributed by atoms with van der Waals surface area (Å²) in [6.45, 7) is 5.41. The molecular weight excluding hydrogens is 306 g/mol. The molecule has 0 spiro atoms. The summed E-state index contributed by atoms with van der Waals surface area (Å²) in [5.41, 5.74) is 1.59. The standard InChI is InChI=1S/C18H21N3O3/c1-2-16(22)20-10-7-13(8-11-20)18(24)19-14-3-5-15(6-4-14)21-12-9-17(21)23/h2-6,13H,1,7-12H2,(H,19,24). The largest absolute Gasteiger partial charge is 0.339 e. The van der Waals surface area contributed by atoms with Crippen molar-refractivity contribution in [1.82, 2.24) is 4.90 Å². The predicted molar refractivity (Wildman–Crippen MR) is 91.5 cm³/mol. The molecule has 3 rings (SSSR count). The molecule has 0 saturated carbocycles. The van der Waals surface area contributed by atoms with Crippen LogP contribution < -0.4 is 10.2 Å². The van der Waals surface area contributed by atoms with E-state index in [2.05, 4.69) is 11.9 Å². The average molecular weight is 327 g/mol. The second-order valence-electron chi connectivity index (χ2n) is 6.14. The van der Waals surface area contributed by atoms with Crippen LogP contribution in [-0.2, 0) is 14.4 Å². The van der Waals surface area contributed by atoms with Crippen LogP contribution in [0, 0.1) is 5.92 Å². The monoisotopic (exact) mass is 327 g/mol. The Labute approximate surface area is 141 Å². The zero-order valence-corrected chi connectivity index (χ0v) is 13.5. The number of amides is 3. The summed E-state index contributed by atoms with van der Waals surface area (Å²) in [4.78, 5) is 38.8. The third-order valence-electron chi connectivity index (χ3n) is 4.65. The van der Waals surface area contributed by atoms with Crippen LogP contribution in [0.1, 0.15) is 19.3 Å². The molecule has 1 aromatic carbocycles. The Kier molecular flexibility index (Phi) is 4.64. The summed E-state index contributed by atoms with van der Waals surface area (Å²) in [6, 6.07) is 7.32. The first kappa shape index (κ1) is 16.2. The van der Waals surface area contributed by atoms with Crippen molar-refractivity contribution in [3.63, 3.8) is 0 Å². The SMILES string of the molecule is C=CC(=O)N1CCC(C(=O)Nc2ccc(N3CCC3=O)cc2)CC1. The maximum absolute atomic E-state index is 12.4. The number of carbonyl (C=O) groups is 3. The van der Waals surface area contributed by atoms with Crippen LogP contribution in [-0.4, -0.2) is 42.3 Å². The number of rotatable bonds is 4. The molecule has 0 bridgehead atoms. The van der Waals surface area contributed by atoms with E-state index in [1.54, 1.807) is 9.80 Å². The fourth-order valence-corrected chi connectivity index (χ4v) is 3.05. The Bertz CT molecular complexity index is 661. The normalized spacial score (nSPS) is 18.1. The van der Waals surface area contributed by atoms with Gasteiger partial charge in [0.25, 0.3) is 0 Å². The molecule has 1 N–H and O–H groups in total. The molecule has 0 aliphatic carbocycles. The second kappa shape index (κ2) is 6.86. The number of benzene rings is 1. The van der Waals surface area contributed by atoms with Gasteiger partial charge in [0, 0.05) is 43.3 Å². The van der Waals surface area contributed by atoms with E-state index in [0.29, 0.717) is 32.4 Å². The van der Waals surface area contributed by atoms with E-state index in [4.69, 9.17) is 0 Å². The Morgan fingerprint density at radius 1 is 1.12 bits per heavy atom. The van der Waals surface area contributed by atoms with Gasteiger partial charge >= 0.3 is 0 Å². The zero-order valence-electron chi connectivity index (χ0n) is 13.5. The van der Waals surface area contributed by atoms with Crippen LogP contribution in [0.3, 0.4) is 0 Å². The summed E-state index contributed by atoms with van der Waals surface area (Å²) in [7, 11) is 0. The fourth-order valence-electron chi connectivity index (χ4n) is 3.05. The molecule has 0 atom stereocenters. The lowest BCUT2D eigenvalue weighted by Crippen LogP contribution is -2.43. The van der Waals surface area contributed by atoms with Gasteiger partial charge in [-0.05, 0) is 43.2 Å². The van der Waals surface area contributed by atoms with Gasteiger partial charge in [-0.2, -0.15) is 0 Å². The van der Waals surface area contributed by atoms with Crippen molar-refractivity contribution in [2.75, 3.05) is 29.9 Å². The van der Waals surface area contributed by atoms with Crippen LogP contribution in [0.25, 0.3) is 0 Å². The van der Waals surface area contributed by atoms with Gasteiger partial charge in [-0.1, -0.05) is 6.58 Å². The smallest absolute Gasteiger partial charge is 0.245 e. The molecule has 6 heteroatoms. The maximum atomic E-state index is 12.4. The number of likely N-dealkylation sites (tertiary alicyclic amines) is 1. The fraction of sp³-hybridized carbons (Fsp3) is 0.389. The Balaban J connectivity index is 1.53. The van der Waals surface area contributed by atoms with E-state index in [9.17, 15) is 14.4 Å². The molecule has 0 radical (unpaired) electrons. The highest BCUT2D eigenvalue weighted by Gasteiger charge is 2.27. The highest BCUT2D eigenvalue weighted by atomic mass is 16.2. The van der Waals surface area contributed by atoms with Crippen molar-refractivity contribution in [2.24, 2.45) is 5.92 Å². The number of hydrogen-bond donors (Lipinski definition) is 1. The molecule has 2 aliphatic heterocycles. The minimum Gasteiger partial charge on any atom is -0.339 e. The Morgan fingerprint density at radius 3 is 2.29 bits per heavy atom. The van der Waals surface area contributed by atoms with Crippen LogP contribution >= 0.6 is 0 Å². The predicted octanol–water partition coefficient (Wildman–Crippen LogP) is 1.79. The summed E-state index contributed by atoms with van der Waals surface area (Å²) in [6.07, 6.45) is 3.23. The molecule has 0 aromatic heterocycles. The van der Waals surface area contributed by atoms with Crippen molar-refractivity contribution >= 4 is 29.1 Å². The minimum absolute atomic E-state index is 0.0199. The van der Waals surface area contributed by atoms with Crippen LogP contribution in [0.4, 0.5) is 11.4 Å². The number of piperidine rings is 1. The molecule has 6 nitrogen and oxygen atoms in total. The highest BCUT2D eigenvalue weighted by Crippen LogP contribution is 2.24. The number of nitrogens with one attached hydrogen (secondary N) is 1. The Hall–Kier alpha value is -2.63. The van der Waals surface area contributed by atoms with Crippen LogP contribution in [0.15, 0.2) is 36.9 Å². The van der Waals surface area contributed by atoms with Gasteiger partial charge in [-0.25, -0.2) is 0 Å². The number of β-lactam (4-membered cyclic amide) rings is 1. The van der Waals surface area contributed by atoms with Gasteiger partial charge in [0.15, 0.2) is 0 Å². The highest BCUT2D eigenvalue weighted by molar-refractivity contribution is 5.99. The van der Waals surface area contributed by atoms with E-state index in [1.165, 1.54) is 6.08 Å². The average Bonchev–Trinajstić information content (AvgIpc) is 2.61. The van der Waals surface area contributed by atoms with Crippen molar-refractivity contribution < 1.29 is 14.4 Å². The van der Waals surface area contributed by atoms with Crippen molar-refractivity contribution in [2.45, 2.75) is 19.3 Å². The van der Waals surface area contributed by atoms with Crippen LogP contribution in [0.2, 0.25) is 0 Å². The molecule has 126 valence electrons. The van der Waals surface area contributed by atoms with E-state index >= 15 is 0 Å². The van der Waals surface area contributed by atoms with E-state index in [-0.39, 0.29) is 23.6 Å². The number of nitrogens with zero attached hydrogens (tertiary/aromatic N) is 2. The molecule has 0 unspecified atom stereocenters. The summed E-state index contributed by atoms with van der Waals surface area (Å²) >= 11 is 0. The summed E-state index contributed by atoms with van der Waals surface area (Å²) in [5.74, 6) is -0.0541. The molecule has 2 saturated heterocycles. The van der Waals surface area contributed by atoms with Gasteiger partial charge in [-0.15, -0.1) is 0 Å². The van der Waals surface area contributed by atoms with Gasteiger partial charge in [-0.3, -0.25) is 14.4 Å². The summed E-state index contributed by atoms with van der Waals surface area (Å²) < 4.78 is 0. The molecule has 2 heterocycles. The minimum atomic E-state index is -0.0875. The van der Waals surface area contributed by atoms with Gasteiger partial charge in [0.2, 0.25) is 17.7 Å². The van der Waals surface area contributed by atoms with E-state index in [0.717, 1.165) is 17.9 Å². The second-order valence-corrected chi connectivity index (χ2v) is 6.14. The van der Waals surface area contributed by atoms with Gasteiger partial charge in [0.1, 0.15) is 0 Å². The molecule has 1 aromatic rings. The summed E-state index contributed by atoms with van der Waals surface area (Å²) in [5, 5.41) is 2.92. The molecule has 2 fully saturated rings. The third-order valence-corrected chi connectivity index (χ3v) is 4.65. The maximum Gasteiger partial charge on any atom is 0.245 e. The first-order valence-electron chi connectivity index (χ1n) is 8.21. The zero-order chi connectivity index (χ0) is 17.1. The van der Waals surface area contributed by atoms with E-state index < -0.39 is 0 Å². The van der Waals surface area contributed by atoms with Crippen molar-refractivity contribution in [1.29, 1.82) is 0 Å². The number of hydrogen-bond acceptors (Lipinski definition) is 3. The molecular formula is C18H21N3O3.